The van der Waals surface area contributed by atoms with E-state index in [4.69, 9.17) is 5.11 Å². The molecule has 0 radical (unpaired) electrons. The molecule has 1 amide bonds. The molecule has 1 aromatic heterocycles. The largest absolute Gasteiger partial charge is 0.477 e. The first-order chi connectivity index (χ1) is 7.63. The van der Waals surface area contributed by atoms with Gasteiger partial charge in [-0.3, -0.25) is 4.79 Å². The molecule has 1 rings (SSSR count). The van der Waals surface area contributed by atoms with Gasteiger partial charge in [-0.15, -0.1) is 0 Å². The number of nitrogens with zero attached hydrogens (tertiary/aromatic N) is 1. The summed E-state index contributed by atoms with van der Waals surface area (Å²) in [5, 5.41) is 11.3. The van der Waals surface area contributed by atoms with Gasteiger partial charge in [-0.25, -0.2) is 9.78 Å². The minimum Gasteiger partial charge on any atom is -0.477 e. The van der Waals surface area contributed by atoms with Crippen LogP contribution >= 0.6 is 11.8 Å². The first kappa shape index (κ1) is 12.5. The summed E-state index contributed by atoms with van der Waals surface area (Å²) in [6.07, 6.45) is 2.30. The molecule has 86 valence electrons. The highest BCUT2D eigenvalue weighted by molar-refractivity contribution is 7.98. The smallest absolute Gasteiger partial charge is 0.354 e. The van der Waals surface area contributed by atoms with Crippen molar-refractivity contribution in [2.75, 3.05) is 17.3 Å². The number of pyridine rings is 1. The van der Waals surface area contributed by atoms with E-state index in [9.17, 15) is 9.59 Å². The van der Waals surface area contributed by atoms with Gasteiger partial charge in [0.2, 0.25) is 5.91 Å². The number of aromatic nitrogens is 1. The lowest BCUT2D eigenvalue weighted by atomic mass is 10.3. The maximum Gasteiger partial charge on any atom is 0.354 e. The molecule has 5 nitrogen and oxygen atoms in total. The Balaban J connectivity index is 2.63. The van der Waals surface area contributed by atoms with Gasteiger partial charge in [-0.05, 0) is 18.4 Å². The average molecular weight is 240 g/mol. The van der Waals surface area contributed by atoms with Crippen LogP contribution in [0.25, 0.3) is 0 Å². The molecule has 0 spiro atoms. The summed E-state index contributed by atoms with van der Waals surface area (Å²) in [5.74, 6) is -0.277. The Kier molecular flexibility index (Phi) is 4.78. The van der Waals surface area contributed by atoms with Gasteiger partial charge in [0.05, 0.1) is 0 Å². The third kappa shape index (κ3) is 3.90. The standard InChI is InChI=1S/C10H12N2O3S/c1-16-6-5-9(13)12-8-4-2-3-7(11-8)10(14)15/h2-4H,5-6H2,1H3,(H,14,15)(H,11,12,13). The van der Waals surface area contributed by atoms with Crippen molar-refractivity contribution >= 4 is 29.5 Å². The number of carboxylic acids is 1. The second-order valence-electron chi connectivity index (χ2n) is 3.00. The highest BCUT2D eigenvalue weighted by atomic mass is 32.2. The molecule has 16 heavy (non-hydrogen) atoms. The predicted molar refractivity (Wildman–Crippen MR) is 62.8 cm³/mol. The van der Waals surface area contributed by atoms with Gasteiger partial charge in [0, 0.05) is 12.2 Å². The summed E-state index contributed by atoms with van der Waals surface area (Å²) in [5.41, 5.74) is -0.0809. The van der Waals surface area contributed by atoms with Gasteiger partial charge in [0.15, 0.2) is 5.69 Å². The van der Waals surface area contributed by atoms with E-state index < -0.39 is 5.97 Å². The molecule has 0 unspecified atom stereocenters. The van der Waals surface area contributed by atoms with E-state index in [1.165, 1.54) is 6.07 Å². The van der Waals surface area contributed by atoms with Gasteiger partial charge in [-0.1, -0.05) is 6.07 Å². The Morgan fingerprint density at radius 3 is 2.88 bits per heavy atom. The predicted octanol–water partition coefficient (Wildman–Crippen LogP) is 1.47. The second-order valence-corrected chi connectivity index (χ2v) is 3.99. The summed E-state index contributed by atoms with van der Waals surface area (Å²) in [6.45, 7) is 0. The van der Waals surface area contributed by atoms with Gasteiger partial charge in [0.1, 0.15) is 5.82 Å². The normalized spacial score (nSPS) is 9.81. The lowest BCUT2D eigenvalue weighted by molar-refractivity contribution is -0.115. The number of carboxylic acid groups (broad SMARTS) is 1. The highest BCUT2D eigenvalue weighted by Crippen LogP contribution is 2.06. The molecule has 0 fully saturated rings. The van der Waals surface area contributed by atoms with E-state index in [1.54, 1.807) is 23.9 Å². The molecular formula is C10H12N2O3S. The number of nitrogens with one attached hydrogen (secondary N) is 1. The molecule has 0 aliphatic carbocycles. The minimum absolute atomic E-state index is 0.0809. The lowest BCUT2D eigenvalue weighted by Crippen LogP contribution is -2.14. The van der Waals surface area contributed by atoms with Crippen LogP contribution in [0, 0.1) is 0 Å². The first-order valence-corrected chi connectivity index (χ1v) is 6.02. The van der Waals surface area contributed by atoms with E-state index in [0.29, 0.717) is 6.42 Å². The Labute approximate surface area is 97.3 Å². The molecule has 6 heteroatoms. The number of hydrogen-bond donors (Lipinski definition) is 2. The average Bonchev–Trinajstić information content (AvgIpc) is 2.26. The number of rotatable bonds is 5. The molecule has 0 bridgehead atoms. The fraction of sp³-hybridized carbons (Fsp3) is 0.300. The summed E-state index contributed by atoms with van der Waals surface area (Å²) >= 11 is 1.57. The van der Waals surface area contributed by atoms with E-state index in [-0.39, 0.29) is 17.4 Å². The maximum atomic E-state index is 11.3. The van der Waals surface area contributed by atoms with E-state index in [0.717, 1.165) is 5.75 Å². The van der Waals surface area contributed by atoms with Crippen molar-refractivity contribution in [2.24, 2.45) is 0 Å². The number of anilines is 1. The molecule has 0 saturated heterocycles. The van der Waals surface area contributed by atoms with Gasteiger partial charge < -0.3 is 10.4 Å². The molecular weight excluding hydrogens is 228 g/mol. The topological polar surface area (TPSA) is 79.3 Å². The summed E-state index contributed by atoms with van der Waals surface area (Å²) in [7, 11) is 0. The van der Waals surface area contributed by atoms with Crippen molar-refractivity contribution in [3.05, 3.63) is 23.9 Å². The van der Waals surface area contributed by atoms with Crippen LogP contribution in [-0.2, 0) is 4.79 Å². The van der Waals surface area contributed by atoms with Gasteiger partial charge in [-0.2, -0.15) is 11.8 Å². The number of hydrogen-bond acceptors (Lipinski definition) is 4. The van der Waals surface area contributed by atoms with E-state index >= 15 is 0 Å². The number of carbonyl (C=O) groups excluding carboxylic acids is 1. The van der Waals surface area contributed by atoms with Crippen LogP contribution in [0.15, 0.2) is 18.2 Å². The fourth-order valence-corrected chi connectivity index (χ4v) is 1.41. The summed E-state index contributed by atoms with van der Waals surface area (Å²) in [6, 6.07) is 4.48. The van der Waals surface area contributed by atoms with Gasteiger partial charge in [0.25, 0.3) is 0 Å². The minimum atomic E-state index is -1.11. The van der Waals surface area contributed by atoms with Crippen molar-refractivity contribution < 1.29 is 14.7 Å². The van der Waals surface area contributed by atoms with Crippen molar-refractivity contribution in [1.29, 1.82) is 0 Å². The fourth-order valence-electron chi connectivity index (χ4n) is 1.02. The zero-order chi connectivity index (χ0) is 12.0. The molecule has 1 heterocycles. The van der Waals surface area contributed by atoms with Crippen molar-refractivity contribution in [3.8, 4) is 0 Å². The summed E-state index contributed by atoms with van der Waals surface area (Å²) in [4.78, 5) is 25.8. The molecule has 0 aromatic carbocycles. The second kappa shape index (κ2) is 6.12. The molecule has 0 atom stereocenters. The maximum absolute atomic E-state index is 11.3. The third-order valence-electron chi connectivity index (χ3n) is 1.77. The van der Waals surface area contributed by atoms with Crippen LogP contribution in [-0.4, -0.2) is 34.0 Å². The van der Waals surface area contributed by atoms with Crippen LogP contribution < -0.4 is 5.32 Å². The molecule has 0 saturated carbocycles. The molecule has 1 aromatic rings. The van der Waals surface area contributed by atoms with Crippen molar-refractivity contribution in [2.45, 2.75) is 6.42 Å². The van der Waals surface area contributed by atoms with Crippen LogP contribution in [0.1, 0.15) is 16.9 Å². The lowest BCUT2D eigenvalue weighted by Gasteiger charge is -2.04. The number of aromatic carboxylic acids is 1. The van der Waals surface area contributed by atoms with Crippen LogP contribution in [0.2, 0.25) is 0 Å². The zero-order valence-corrected chi connectivity index (χ0v) is 9.58. The molecule has 2 N–H and O–H groups in total. The summed E-state index contributed by atoms with van der Waals surface area (Å²) < 4.78 is 0. The Morgan fingerprint density at radius 2 is 2.25 bits per heavy atom. The van der Waals surface area contributed by atoms with Crippen LogP contribution in [0.4, 0.5) is 5.82 Å². The third-order valence-corrected chi connectivity index (χ3v) is 2.38. The van der Waals surface area contributed by atoms with E-state index in [1.807, 2.05) is 6.26 Å². The molecule has 0 aliphatic heterocycles. The number of thioether (sulfide) groups is 1. The quantitative estimate of drug-likeness (QED) is 0.814. The Morgan fingerprint density at radius 1 is 1.50 bits per heavy atom. The van der Waals surface area contributed by atoms with Crippen LogP contribution in [0.5, 0.6) is 0 Å². The van der Waals surface area contributed by atoms with Gasteiger partial charge >= 0.3 is 5.97 Å². The Hall–Kier alpha value is -1.56. The highest BCUT2D eigenvalue weighted by Gasteiger charge is 2.07. The van der Waals surface area contributed by atoms with E-state index in [2.05, 4.69) is 10.3 Å². The number of carbonyl (C=O) groups is 2. The van der Waals surface area contributed by atoms with Crippen LogP contribution in [0.3, 0.4) is 0 Å². The Bertz CT molecular complexity index is 395. The van der Waals surface area contributed by atoms with Crippen molar-refractivity contribution in [1.82, 2.24) is 4.98 Å². The van der Waals surface area contributed by atoms with Crippen molar-refractivity contribution in [3.63, 3.8) is 0 Å². The zero-order valence-electron chi connectivity index (χ0n) is 8.77. The molecule has 0 aliphatic rings. The SMILES string of the molecule is CSCCC(=O)Nc1cccc(C(=O)O)n1. The number of amides is 1. The first-order valence-electron chi connectivity index (χ1n) is 4.62. The monoisotopic (exact) mass is 240 g/mol.